The molecule has 2 aromatic carbocycles. The lowest BCUT2D eigenvalue weighted by molar-refractivity contribution is -0.144. The van der Waals surface area contributed by atoms with Gasteiger partial charge in [0.05, 0.1) is 45.7 Å². The molecule has 2 aromatic heterocycles. The van der Waals surface area contributed by atoms with Crippen LogP contribution in [0.15, 0.2) is 66.3 Å². The quantitative estimate of drug-likeness (QED) is 0.0576. The van der Waals surface area contributed by atoms with E-state index in [9.17, 15) is 38.7 Å². The average Bonchev–Trinajstić information content (AvgIpc) is 4.06. The number of aryl methyl sites for hydroxylation is 3. The molecule has 7 N–H and O–H groups in total. The minimum Gasteiger partial charge on any atom is -0.444 e. The number of aliphatic hydroxyl groups excluding tert-OH is 1. The van der Waals surface area contributed by atoms with E-state index in [1.54, 1.807) is 38.3 Å². The van der Waals surface area contributed by atoms with Crippen LogP contribution in [0.5, 0.6) is 0 Å². The first-order chi connectivity index (χ1) is 35.5. The van der Waals surface area contributed by atoms with Crippen molar-refractivity contribution >= 4 is 58.6 Å². The maximum Gasteiger partial charge on any atom is 0.408 e. The summed E-state index contributed by atoms with van der Waals surface area (Å²) in [5.74, 6) is -2.50. The first kappa shape index (κ1) is 56.0. The average molecular weight is 1050 g/mol. The molecule has 7 rings (SSSR count). The van der Waals surface area contributed by atoms with E-state index in [1.165, 1.54) is 9.80 Å². The molecule has 75 heavy (non-hydrogen) atoms. The molecule has 0 unspecified atom stereocenters. The third kappa shape index (κ3) is 14.2. The van der Waals surface area contributed by atoms with E-state index >= 15 is 0 Å². The number of thiazole rings is 1. The molecule has 5 heterocycles. The van der Waals surface area contributed by atoms with E-state index in [2.05, 4.69) is 31.2 Å². The number of β-amino-alcohol motifs (C(OH)–C–C–N with tert-alkyl or cyclic N) is 1. The fourth-order valence-electron chi connectivity index (χ4n) is 10.2. The fourth-order valence-corrected chi connectivity index (χ4v) is 11.0. The van der Waals surface area contributed by atoms with Crippen LogP contribution in [0.1, 0.15) is 146 Å². The van der Waals surface area contributed by atoms with E-state index in [-0.39, 0.29) is 56.5 Å². The zero-order chi connectivity index (χ0) is 54.4. The van der Waals surface area contributed by atoms with Gasteiger partial charge in [-0.05, 0) is 119 Å². The van der Waals surface area contributed by atoms with Gasteiger partial charge in [-0.2, -0.15) is 0 Å². The molecule has 18 nitrogen and oxygen atoms in total. The summed E-state index contributed by atoms with van der Waals surface area (Å²) in [5.41, 5.74) is 12.7. The number of para-hydroxylation sites is 1. The maximum absolute atomic E-state index is 14.4. The lowest BCUT2D eigenvalue weighted by Gasteiger charge is -2.35. The number of pyridine rings is 1. The number of rotatable bonds is 19. The van der Waals surface area contributed by atoms with E-state index in [0.717, 1.165) is 38.4 Å². The Balaban J connectivity index is 0.926. The van der Waals surface area contributed by atoms with Crippen molar-refractivity contribution < 1.29 is 43.4 Å². The summed E-state index contributed by atoms with van der Waals surface area (Å²) in [6, 6.07) is 12.6. The predicted molar refractivity (Wildman–Crippen MR) is 285 cm³/mol. The van der Waals surface area contributed by atoms with Gasteiger partial charge in [0.25, 0.3) is 0 Å². The van der Waals surface area contributed by atoms with Gasteiger partial charge >= 0.3 is 6.09 Å². The molecule has 0 aliphatic carbocycles. The molecule has 7 atom stereocenters. The van der Waals surface area contributed by atoms with Crippen LogP contribution in [0.3, 0.4) is 0 Å². The minimum atomic E-state index is -0.951. The highest BCUT2D eigenvalue weighted by Crippen LogP contribution is 2.40. The number of benzene rings is 2. The monoisotopic (exact) mass is 1050 g/mol. The van der Waals surface area contributed by atoms with Crippen LogP contribution in [-0.4, -0.2) is 104 Å². The Kier molecular flexibility index (Phi) is 17.8. The lowest BCUT2D eigenvalue weighted by atomic mass is 9.85. The van der Waals surface area contributed by atoms with Crippen LogP contribution in [0.25, 0.3) is 10.4 Å². The Hall–Kier alpha value is -6.73. The molecule has 0 spiro atoms. The molecule has 19 heteroatoms. The van der Waals surface area contributed by atoms with Crippen LogP contribution in [-0.2, 0) is 52.8 Å². The first-order valence-electron chi connectivity index (χ1n) is 26.0. The van der Waals surface area contributed by atoms with Gasteiger partial charge in [-0.3, -0.25) is 38.7 Å². The second kappa shape index (κ2) is 23.9. The van der Waals surface area contributed by atoms with Crippen molar-refractivity contribution in [2.24, 2.45) is 11.1 Å². The maximum atomic E-state index is 14.4. The summed E-state index contributed by atoms with van der Waals surface area (Å²) < 4.78 is 5.46. The second-order valence-electron chi connectivity index (χ2n) is 22.2. The number of aromatic nitrogens is 2. The molecule has 402 valence electrons. The number of hydrogen-bond donors (Lipinski definition) is 6. The highest BCUT2D eigenvalue weighted by Gasteiger charge is 2.46. The molecule has 0 saturated carbocycles. The summed E-state index contributed by atoms with van der Waals surface area (Å²) in [7, 11) is 0. The molecule has 4 aromatic rings. The van der Waals surface area contributed by atoms with Crippen LogP contribution < -0.4 is 31.9 Å². The molecule has 3 aliphatic heterocycles. The van der Waals surface area contributed by atoms with Crippen molar-refractivity contribution in [2.45, 2.75) is 174 Å². The Labute approximate surface area is 443 Å². The summed E-state index contributed by atoms with van der Waals surface area (Å²) >= 11 is 1.57. The molecular formula is C56H73N9O9S. The largest absolute Gasteiger partial charge is 0.444 e. The molecular weight excluding hydrogens is 975 g/mol. The van der Waals surface area contributed by atoms with Gasteiger partial charge in [-0.15, -0.1) is 11.3 Å². The Bertz CT molecular complexity index is 2750. The third-order valence-electron chi connectivity index (χ3n) is 14.0. The highest BCUT2D eigenvalue weighted by molar-refractivity contribution is 7.13. The van der Waals surface area contributed by atoms with Crippen LogP contribution >= 0.6 is 11.3 Å². The number of nitrogens with one attached hydrogen (secondary N) is 4. The van der Waals surface area contributed by atoms with Crippen molar-refractivity contribution in [2.75, 3.05) is 11.4 Å². The minimum absolute atomic E-state index is 0.0276. The van der Waals surface area contributed by atoms with Gasteiger partial charge in [0.1, 0.15) is 29.8 Å². The fraction of sp³-hybridized carbons (Fsp3) is 0.518. The van der Waals surface area contributed by atoms with Crippen molar-refractivity contribution in [1.82, 2.24) is 36.1 Å². The van der Waals surface area contributed by atoms with Gasteiger partial charge in [-0.1, -0.05) is 69.7 Å². The van der Waals surface area contributed by atoms with Crippen molar-refractivity contribution in [3.63, 3.8) is 0 Å². The second-order valence-corrected chi connectivity index (χ2v) is 23.0. The Morgan fingerprint density at radius 2 is 1.61 bits per heavy atom. The Morgan fingerprint density at radius 3 is 2.29 bits per heavy atom. The number of nitrogens with two attached hydrogens (primary N) is 1. The molecule has 3 aliphatic rings. The number of carbonyl (C=O) groups excluding carboxylic acids is 7. The number of likely N-dealkylation sites (tertiary alicyclic amines) is 1. The standard InChI is InChI=1S/C56H73N9O9S/c1-32(35-17-19-37(20-18-35)48-33(2)59-31-75-48)60-50(69)43-29-39(66)30-64(43)53(72)49(55(3,4)5)63-46(68)16-11-9-10-13-34-25-26-58-42(27-34)40(23-24-45(57)67)61-51(70)44-28-38-15-12-14-36-21-22-41(52(71)65(44)47(36)38)62-54(73)74-56(6,7)8/h12,14-15,17-20,25-27,31-32,39-41,43-44,49,66H,9-11,13,16,21-24,28-30H2,1-8H3,(H2,57,67)(H,60,69)(H,61,70)(H,62,73)(H,63,68)/t32-,39+,40-,41-,43-,44-,49+/m0/s1. The SMILES string of the molecule is Cc1ncsc1-c1ccc([C@H](C)NC(=O)[C@@H]2C[C@@H](O)CN2C(=O)[C@@H](NC(=O)CCCCCc2ccnc([C@H](CCC(N)=O)NC(=O)[C@@H]3Cc4cccc5c4N3C(=O)[C@@H](NC(=O)OC(C)(C)C)CC5)c2)C(C)(C)C)cc1. The lowest BCUT2D eigenvalue weighted by Crippen LogP contribution is -2.57. The van der Waals surface area contributed by atoms with Crippen molar-refractivity contribution in [3.05, 3.63) is 99.9 Å². The van der Waals surface area contributed by atoms with E-state index in [1.807, 2.05) is 94.7 Å². The summed E-state index contributed by atoms with van der Waals surface area (Å²) in [4.78, 5) is 108. The number of anilines is 1. The zero-order valence-corrected chi connectivity index (χ0v) is 45.2. The van der Waals surface area contributed by atoms with Gasteiger partial charge < -0.3 is 41.7 Å². The van der Waals surface area contributed by atoms with Gasteiger partial charge in [0.15, 0.2) is 0 Å². The van der Waals surface area contributed by atoms with E-state index < -0.39 is 77.1 Å². The van der Waals surface area contributed by atoms with Gasteiger partial charge in [-0.25, -0.2) is 9.78 Å². The highest BCUT2D eigenvalue weighted by atomic mass is 32.1. The molecule has 7 amide bonds. The Morgan fingerprint density at radius 1 is 0.893 bits per heavy atom. The number of nitrogens with zero attached hydrogens (tertiary/aromatic N) is 4. The predicted octanol–water partition coefficient (Wildman–Crippen LogP) is 6.21. The molecule has 1 fully saturated rings. The first-order valence-corrected chi connectivity index (χ1v) is 26.9. The number of carbonyl (C=O) groups is 7. The summed E-state index contributed by atoms with van der Waals surface area (Å²) in [6.45, 7) is 14.6. The van der Waals surface area contributed by atoms with Gasteiger partial charge in [0, 0.05) is 38.4 Å². The summed E-state index contributed by atoms with van der Waals surface area (Å²) in [5, 5.41) is 22.5. The number of alkyl carbamates (subject to hydrolysis) is 1. The van der Waals surface area contributed by atoms with E-state index in [4.69, 9.17) is 10.5 Å². The number of unbranched alkanes of at least 4 members (excludes halogenated alkanes) is 2. The number of aliphatic hydroxyl groups is 1. The normalized spacial score (nSPS) is 19.6. The van der Waals surface area contributed by atoms with E-state index in [0.29, 0.717) is 49.9 Å². The number of hydrogen-bond acceptors (Lipinski definition) is 12. The topological polar surface area (TPSA) is 255 Å². The molecule has 1 saturated heterocycles. The zero-order valence-electron chi connectivity index (χ0n) is 44.4. The smallest absolute Gasteiger partial charge is 0.408 e. The number of amides is 7. The molecule has 0 radical (unpaired) electrons. The van der Waals surface area contributed by atoms with Crippen LogP contribution in [0, 0.1) is 12.3 Å². The number of primary amides is 1. The van der Waals surface area contributed by atoms with Crippen molar-refractivity contribution in [3.8, 4) is 10.4 Å². The van der Waals surface area contributed by atoms with Crippen LogP contribution in [0.2, 0.25) is 0 Å². The number of ether oxygens (including phenoxy) is 1. The van der Waals surface area contributed by atoms with Gasteiger partial charge in [0.2, 0.25) is 35.4 Å². The summed E-state index contributed by atoms with van der Waals surface area (Å²) in [6.07, 6.45) is 4.06. The van der Waals surface area contributed by atoms with Crippen molar-refractivity contribution in [1.29, 1.82) is 0 Å². The molecule has 0 bridgehead atoms. The van der Waals surface area contributed by atoms with Crippen LogP contribution in [0.4, 0.5) is 10.5 Å². The third-order valence-corrected chi connectivity index (χ3v) is 15.0.